The number of aliphatic imine (C=N–C) groups is 1. The summed E-state index contributed by atoms with van der Waals surface area (Å²) in [7, 11) is 1.37. The van der Waals surface area contributed by atoms with Gasteiger partial charge in [0.15, 0.2) is 5.82 Å². The number of esters is 1. The van der Waals surface area contributed by atoms with Crippen LogP contribution in [0, 0.1) is 12.8 Å². The number of nitrogens with zero attached hydrogens (tertiary/aromatic N) is 2. The van der Waals surface area contributed by atoms with Gasteiger partial charge in [0.1, 0.15) is 5.69 Å². The molecule has 0 spiro atoms. The van der Waals surface area contributed by atoms with E-state index < -0.39 is 0 Å². The molecule has 1 aliphatic carbocycles. The van der Waals surface area contributed by atoms with Crippen molar-refractivity contribution in [1.29, 1.82) is 0 Å². The zero-order valence-corrected chi connectivity index (χ0v) is 21.5. The predicted octanol–water partition coefficient (Wildman–Crippen LogP) is 8.09. The summed E-state index contributed by atoms with van der Waals surface area (Å²) < 4.78 is 4.67. The number of hydrogen-bond acceptors (Lipinski definition) is 5. The van der Waals surface area contributed by atoms with Gasteiger partial charge in [-0.1, -0.05) is 55.8 Å². The van der Waals surface area contributed by atoms with Crippen LogP contribution in [-0.4, -0.2) is 23.8 Å². The van der Waals surface area contributed by atoms with Crippen molar-refractivity contribution in [3.8, 4) is 0 Å². The minimum absolute atomic E-state index is 0.372. The molecule has 0 fully saturated rings. The highest BCUT2D eigenvalue weighted by Gasteiger charge is 2.19. The molecule has 186 valence electrons. The van der Waals surface area contributed by atoms with E-state index in [1.807, 2.05) is 36.4 Å². The fourth-order valence-electron chi connectivity index (χ4n) is 4.70. The number of nitrogens with one attached hydrogen (secondary N) is 1. The van der Waals surface area contributed by atoms with E-state index in [2.05, 4.69) is 48.2 Å². The maximum absolute atomic E-state index is 11.4. The second-order valence-electron chi connectivity index (χ2n) is 9.23. The van der Waals surface area contributed by atoms with Crippen LogP contribution in [0.15, 0.2) is 71.8 Å². The van der Waals surface area contributed by atoms with Crippen molar-refractivity contribution >= 4 is 45.9 Å². The molecule has 3 aromatic rings. The first-order valence-electron chi connectivity index (χ1n) is 12.8. The van der Waals surface area contributed by atoms with Crippen LogP contribution in [0.25, 0.3) is 17.0 Å². The maximum Gasteiger partial charge on any atom is 0.330 e. The lowest BCUT2D eigenvalue weighted by Gasteiger charge is -2.19. The normalized spacial score (nSPS) is 14.8. The first-order valence-corrected chi connectivity index (χ1v) is 12.8. The quantitative estimate of drug-likeness (QED) is 0.153. The summed E-state index contributed by atoms with van der Waals surface area (Å²) in [6.45, 7) is 4.37. The Morgan fingerprint density at radius 3 is 2.53 bits per heavy atom. The van der Waals surface area contributed by atoms with Crippen LogP contribution in [0.4, 0.5) is 17.2 Å². The zero-order chi connectivity index (χ0) is 25.3. The monoisotopic (exact) mass is 481 g/mol. The van der Waals surface area contributed by atoms with Crippen molar-refractivity contribution in [3.63, 3.8) is 0 Å². The van der Waals surface area contributed by atoms with Gasteiger partial charge in [0.25, 0.3) is 0 Å². The molecule has 1 aromatic heterocycles. The molecule has 4 rings (SSSR count). The van der Waals surface area contributed by atoms with Gasteiger partial charge in [-0.25, -0.2) is 9.78 Å². The van der Waals surface area contributed by atoms with Gasteiger partial charge in [-0.15, -0.1) is 0 Å². The van der Waals surface area contributed by atoms with E-state index in [1.165, 1.54) is 18.9 Å². The number of rotatable bonds is 8. The van der Waals surface area contributed by atoms with Crippen molar-refractivity contribution in [2.24, 2.45) is 10.9 Å². The van der Waals surface area contributed by atoms with Crippen molar-refractivity contribution in [2.75, 3.05) is 12.4 Å². The van der Waals surface area contributed by atoms with E-state index >= 15 is 0 Å². The van der Waals surface area contributed by atoms with Crippen LogP contribution in [0.2, 0.25) is 0 Å². The third-order valence-electron chi connectivity index (χ3n) is 6.67. The van der Waals surface area contributed by atoms with E-state index in [9.17, 15) is 4.79 Å². The van der Waals surface area contributed by atoms with Gasteiger partial charge in [-0.3, -0.25) is 4.99 Å². The SMILES string of the molecule is CCCC(=Nc1c(Nc2ccc(/C=C/C(=O)OC)cc2)nc2ccccc2c1C)C1CCC=CCC1. The molecule has 0 aliphatic heterocycles. The van der Waals surface area contributed by atoms with Crippen molar-refractivity contribution in [1.82, 2.24) is 4.98 Å². The lowest BCUT2D eigenvalue weighted by atomic mass is 9.91. The lowest BCUT2D eigenvalue weighted by Crippen LogP contribution is -2.14. The van der Waals surface area contributed by atoms with Gasteiger partial charge in [-0.05, 0) is 80.3 Å². The van der Waals surface area contributed by atoms with E-state index in [4.69, 9.17) is 9.98 Å². The summed E-state index contributed by atoms with van der Waals surface area (Å²) in [5.41, 5.74) is 6.13. The topological polar surface area (TPSA) is 63.6 Å². The molecule has 0 radical (unpaired) electrons. The molecule has 0 amide bonds. The summed E-state index contributed by atoms with van der Waals surface area (Å²) in [4.78, 5) is 21.7. The average molecular weight is 482 g/mol. The van der Waals surface area contributed by atoms with E-state index in [-0.39, 0.29) is 5.97 Å². The third-order valence-corrected chi connectivity index (χ3v) is 6.67. The molecule has 5 heteroatoms. The largest absolute Gasteiger partial charge is 0.466 e. The number of ether oxygens (including phenoxy) is 1. The second-order valence-corrected chi connectivity index (χ2v) is 9.23. The summed E-state index contributed by atoms with van der Waals surface area (Å²) >= 11 is 0. The number of aryl methyl sites for hydroxylation is 1. The number of allylic oxidation sites excluding steroid dienone is 2. The molecule has 0 unspecified atom stereocenters. The number of para-hydroxylation sites is 1. The molecule has 0 atom stereocenters. The number of hydrogen-bond donors (Lipinski definition) is 1. The van der Waals surface area contributed by atoms with Crippen LogP contribution in [0.5, 0.6) is 0 Å². The lowest BCUT2D eigenvalue weighted by molar-refractivity contribution is -0.134. The Hall–Kier alpha value is -3.73. The van der Waals surface area contributed by atoms with Crippen LogP contribution in [-0.2, 0) is 9.53 Å². The van der Waals surface area contributed by atoms with Crippen LogP contribution < -0.4 is 5.32 Å². The molecule has 0 bridgehead atoms. The Labute approximate surface area is 214 Å². The number of benzene rings is 2. The Balaban J connectivity index is 1.72. The van der Waals surface area contributed by atoms with E-state index in [0.717, 1.165) is 77.7 Å². The number of fused-ring (bicyclic) bond motifs is 1. The van der Waals surface area contributed by atoms with Crippen molar-refractivity contribution in [3.05, 3.63) is 77.9 Å². The number of carbonyl (C=O) groups is 1. The fourth-order valence-corrected chi connectivity index (χ4v) is 4.70. The maximum atomic E-state index is 11.4. The number of methoxy groups -OCH3 is 1. The fraction of sp³-hybridized carbons (Fsp3) is 0.323. The second kappa shape index (κ2) is 12.3. The van der Waals surface area contributed by atoms with E-state index in [0.29, 0.717) is 5.92 Å². The van der Waals surface area contributed by atoms with Crippen LogP contribution >= 0.6 is 0 Å². The number of pyridine rings is 1. The minimum atomic E-state index is -0.372. The number of anilines is 2. The van der Waals surface area contributed by atoms with Gasteiger partial charge in [-0.2, -0.15) is 0 Å². The molecular weight excluding hydrogens is 446 g/mol. The predicted molar refractivity (Wildman–Crippen MR) is 150 cm³/mol. The highest BCUT2D eigenvalue weighted by Crippen LogP contribution is 2.36. The number of aromatic nitrogens is 1. The Kier molecular flexibility index (Phi) is 8.66. The molecule has 0 saturated carbocycles. The molecule has 2 aromatic carbocycles. The first-order chi connectivity index (χ1) is 17.6. The molecule has 1 heterocycles. The molecule has 36 heavy (non-hydrogen) atoms. The Bertz CT molecular complexity index is 1280. The third kappa shape index (κ3) is 6.28. The number of carbonyl (C=O) groups excluding carboxylic acids is 1. The van der Waals surface area contributed by atoms with Gasteiger partial charge in [0, 0.05) is 22.9 Å². The van der Waals surface area contributed by atoms with Gasteiger partial charge < -0.3 is 10.1 Å². The summed E-state index contributed by atoms with van der Waals surface area (Å²) in [6, 6.07) is 16.1. The standard InChI is InChI=1S/C31H35N3O2/c1-4-11-27(24-12-7-5-6-8-13-24)33-30-22(2)26-14-9-10-15-28(26)34-31(30)32-25-19-16-23(17-20-25)18-21-29(35)36-3/h5-6,9-10,14-21,24H,4,7-8,11-13H2,1-3H3,(H,32,34)/b21-18+,33-27?. The smallest absolute Gasteiger partial charge is 0.330 e. The Morgan fingerprint density at radius 1 is 1.11 bits per heavy atom. The summed E-state index contributed by atoms with van der Waals surface area (Å²) in [6.07, 6.45) is 14.4. The molecular formula is C31H35N3O2. The van der Waals surface area contributed by atoms with Gasteiger partial charge >= 0.3 is 5.97 Å². The van der Waals surface area contributed by atoms with Gasteiger partial charge in [0.2, 0.25) is 0 Å². The highest BCUT2D eigenvalue weighted by atomic mass is 16.5. The van der Waals surface area contributed by atoms with Gasteiger partial charge in [0.05, 0.1) is 12.6 Å². The van der Waals surface area contributed by atoms with Crippen LogP contribution in [0.1, 0.15) is 56.6 Å². The molecule has 5 nitrogen and oxygen atoms in total. The van der Waals surface area contributed by atoms with E-state index in [1.54, 1.807) is 6.08 Å². The average Bonchev–Trinajstić information content (AvgIpc) is 3.19. The van der Waals surface area contributed by atoms with Crippen molar-refractivity contribution in [2.45, 2.75) is 52.4 Å². The molecule has 1 aliphatic rings. The molecule has 1 N–H and O–H groups in total. The Morgan fingerprint density at radius 2 is 1.83 bits per heavy atom. The van der Waals surface area contributed by atoms with Crippen molar-refractivity contribution < 1.29 is 9.53 Å². The van der Waals surface area contributed by atoms with Crippen LogP contribution in [0.3, 0.4) is 0 Å². The minimum Gasteiger partial charge on any atom is -0.466 e. The summed E-state index contributed by atoms with van der Waals surface area (Å²) in [5.74, 6) is 0.895. The molecule has 0 saturated heterocycles. The highest BCUT2D eigenvalue weighted by molar-refractivity contribution is 5.96. The first kappa shape index (κ1) is 25.4. The zero-order valence-electron chi connectivity index (χ0n) is 21.5. The summed E-state index contributed by atoms with van der Waals surface area (Å²) in [5, 5.41) is 4.65.